The van der Waals surface area contributed by atoms with E-state index in [1.165, 1.54) is 12.7 Å². The summed E-state index contributed by atoms with van der Waals surface area (Å²) in [4.78, 5) is 0. The summed E-state index contributed by atoms with van der Waals surface area (Å²) in [5.41, 5.74) is 4.16. The number of hydrogen-bond acceptors (Lipinski definition) is 3. The number of aryl methyl sites for hydroxylation is 3. The van der Waals surface area contributed by atoms with Gasteiger partial charge in [-0.05, 0) is 37.1 Å². The van der Waals surface area contributed by atoms with Crippen LogP contribution in [-0.4, -0.2) is 18.2 Å². The molecule has 0 spiro atoms. The third-order valence-electron chi connectivity index (χ3n) is 2.18. The van der Waals surface area contributed by atoms with Gasteiger partial charge in [-0.2, -0.15) is 0 Å². The summed E-state index contributed by atoms with van der Waals surface area (Å²) in [6.07, 6.45) is 0. The third kappa shape index (κ3) is 1.87. The molecule has 0 amide bonds. The van der Waals surface area contributed by atoms with E-state index in [4.69, 9.17) is 9.94 Å². The van der Waals surface area contributed by atoms with Crippen LogP contribution in [0.4, 0.5) is 0 Å². The minimum atomic E-state index is 0.264. The van der Waals surface area contributed by atoms with Crippen LogP contribution in [0.2, 0.25) is 0 Å². The zero-order chi connectivity index (χ0) is 10.7. The second-order valence-electron chi connectivity index (χ2n) is 3.38. The predicted octanol–water partition coefficient (Wildman–Crippen LogP) is 2.39. The van der Waals surface area contributed by atoms with Crippen molar-refractivity contribution in [3.05, 3.63) is 34.4 Å². The first kappa shape index (κ1) is 10.6. The SMILES string of the molecule is CO/C(=N/O)c1c(C)cc(C)cc1C. The average Bonchev–Trinajstić information content (AvgIpc) is 2.10. The molecule has 0 aliphatic heterocycles. The van der Waals surface area contributed by atoms with Gasteiger partial charge >= 0.3 is 0 Å². The highest BCUT2D eigenvalue weighted by molar-refractivity contribution is 5.96. The molecular formula is C11H15NO2. The number of hydrogen-bond donors (Lipinski definition) is 1. The van der Waals surface area contributed by atoms with E-state index in [0.29, 0.717) is 0 Å². The van der Waals surface area contributed by atoms with Gasteiger partial charge in [0.05, 0.1) is 7.11 Å². The van der Waals surface area contributed by atoms with E-state index in [9.17, 15) is 0 Å². The molecule has 0 aromatic heterocycles. The van der Waals surface area contributed by atoms with Crippen LogP contribution in [0, 0.1) is 20.8 Å². The van der Waals surface area contributed by atoms with Crippen LogP contribution in [-0.2, 0) is 4.74 Å². The van der Waals surface area contributed by atoms with Crippen molar-refractivity contribution in [2.24, 2.45) is 5.16 Å². The van der Waals surface area contributed by atoms with Crippen molar-refractivity contribution >= 4 is 5.90 Å². The molecule has 1 rings (SSSR count). The maximum absolute atomic E-state index is 8.76. The van der Waals surface area contributed by atoms with Crippen molar-refractivity contribution in [3.63, 3.8) is 0 Å². The number of nitrogens with zero attached hydrogens (tertiary/aromatic N) is 1. The van der Waals surface area contributed by atoms with E-state index in [0.717, 1.165) is 16.7 Å². The number of oxime groups is 1. The van der Waals surface area contributed by atoms with Crippen molar-refractivity contribution < 1.29 is 9.94 Å². The lowest BCUT2D eigenvalue weighted by molar-refractivity contribution is 0.287. The van der Waals surface area contributed by atoms with Gasteiger partial charge in [-0.1, -0.05) is 17.7 Å². The molecule has 1 aromatic carbocycles. The lowest BCUT2D eigenvalue weighted by Gasteiger charge is -2.10. The van der Waals surface area contributed by atoms with Crippen molar-refractivity contribution in [2.75, 3.05) is 7.11 Å². The molecule has 0 unspecified atom stereocenters. The molecule has 0 atom stereocenters. The lowest BCUT2D eigenvalue weighted by Crippen LogP contribution is -2.08. The van der Waals surface area contributed by atoms with Crippen LogP contribution in [0.3, 0.4) is 0 Å². The smallest absolute Gasteiger partial charge is 0.257 e. The minimum Gasteiger partial charge on any atom is -0.478 e. The van der Waals surface area contributed by atoms with E-state index in [1.807, 2.05) is 32.9 Å². The van der Waals surface area contributed by atoms with Crippen LogP contribution in [0.15, 0.2) is 17.3 Å². The Bertz CT molecular complexity index is 347. The summed E-state index contributed by atoms with van der Waals surface area (Å²) < 4.78 is 4.99. The topological polar surface area (TPSA) is 41.8 Å². The second kappa shape index (κ2) is 4.13. The largest absolute Gasteiger partial charge is 0.478 e. The van der Waals surface area contributed by atoms with Gasteiger partial charge < -0.3 is 9.94 Å². The van der Waals surface area contributed by atoms with Gasteiger partial charge in [-0.3, -0.25) is 0 Å². The van der Waals surface area contributed by atoms with E-state index < -0.39 is 0 Å². The Kier molecular flexibility index (Phi) is 3.12. The summed E-state index contributed by atoms with van der Waals surface area (Å²) in [6.45, 7) is 5.98. The first-order valence-corrected chi connectivity index (χ1v) is 4.44. The van der Waals surface area contributed by atoms with Gasteiger partial charge in [-0.15, -0.1) is 0 Å². The molecule has 0 bridgehead atoms. The second-order valence-corrected chi connectivity index (χ2v) is 3.38. The quantitative estimate of drug-likeness (QED) is 0.322. The summed E-state index contributed by atoms with van der Waals surface area (Å²) in [5.74, 6) is 0.264. The molecule has 0 aliphatic rings. The molecule has 14 heavy (non-hydrogen) atoms. The number of benzene rings is 1. The van der Waals surface area contributed by atoms with Crippen molar-refractivity contribution in [2.45, 2.75) is 20.8 Å². The van der Waals surface area contributed by atoms with Crippen LogP contribution < -0.4 is 0 Å². The highest BCUT2D eigenvalue weighted by atomic mass is 16.5. The molecule has 0 radical (unpaired) electrons. The zero-order valence-electron chi connectivity index (χ0n) is 8.96. The fraction of sp³-hybridized carbons (Fsp3) is 0.364. The van der Waals surface area contributed by atoms with Gasteiger partial charge in [0.25, 0.3) is 5.90 Å². The Morgan fingerprint density at radius 1 is 1.21 bits per heavy atom. The highest BCUT2D eigenvalue weighted by Gasteiger charge is 2.11. The summed E-state index contributed by atoms with van der Waals surface area (Å²) >= 11 is 0. The predicted molar refractivity (Wildman–Crippen MR) is 56.0 cm³/mol. The Hall–Kier alpha value is -1.51. The van der Waals surface area contributed by atoms with Gasteiger partial charge in [0.1, 0.15) is 0 Å². The van der Waals surface area contributed by atoms with E-state index in [1.54, 1.807) is 0 Å². The molecule has 3 nitrogen and oxygen atoms in total. The van der Waals surface area contributed by atoms with Gasteiger partial charge in [-0.25, -0.2) is 0 Å². The fourth-order valence-electron chi connectivity index (χ4n) is 1.71. The lowest BCUT2D eigenvalue weighted by atomic mass is 10.00. The van der Waals surface area contributed by atoms with Gasteiger partial charge in [0.15, 0.2) is 0 Å². The molecule has 3 heteroatoms. The van der Waals surface area contributed by atoms with Crippen molar-refractivity contribution in [3.8, 4) is 0 Å². The maximum atomic E-state index is 8.76. The van der Waals surface area contributed by atoms with Crippen LogP contribution >= 0.6 is 0 Å². The molecule has 0 aliphatic carbocycles. The average molecular weight is 193 g/mol. The molecule has 0 saturated carbocycles. The van der Waals surface area contributed by atoms with Crippen molar-refractivity contribution in [1.29, 1.82) is 0 Å². The Morgan fingerprint density at radius 3 is 2.07 bits per heavy atom. The molecule has 1 N–H and O–H groups in total. The van der Waals surface area contributed by atoms with E-state index in [2.05, 4.69) is 5.16 Å². The van der Waals surface area contributed by atoms with Crippen molar-refractivity contribution in [1.82, 2.24) is 0 Å². The van der Waals surface area contributed by atoms with E-state index in [-0.39, 0.29) is 5.90 Å². The fourth-order valence-corrected chi connectivity index (χ4v) is 1.71. The number of ether oxygens (including phenoxy) is 1. The zero-order valence-corrected chi connectivity index (χ0v) is 8.96. The monoisotopic (exact) mass is 193 g/mol. The normalized spacial score (nSPS) is 11.6. The van der Waals surface area contributed by atoms with Gasteiger partial charge in [0.2, 0.25) is 0 Å². The van der Waals surface area contributed by atoms with Crippen LogP contribution in [0.5, 0.6) is 0 Å². The number of methoxy groups -OCH3 is 1. The standard InChI is InChI=1S/C11H15NO2/c1-7-5-8(2)10(9(3)6-7)11(12-13)14-4/h5-6,13H,1-4H3/b12-11+. The molecule has 0 heterocycles. The van der Waals surface area contributed by atoms with Crippen LogP contribution in [0.25, 0.3) is 0 Å². The summed E-state index contributed by atoms with van der Waals surface area (Å²) in [6, 6.07) is 4.07. The molecule has 0 fully saturated rings. The van der Waals surface area contributed by atoms with E-state index >= 15 is 0 Å². The molecule has 76 valence electrons. The first-order valence-electron chi connectivity index (χ1n) is 4.44. The molecule has 0 saturated heterocycles. The Labute approximate surface area is 84.0 Å². The summed E-state index contributed by atoms with van der Waals surface area (Å²) in [5, 5.41) is 11.9. The highest BCUT2D eigenvalue weighted by Crippen LogP contribution is 2.17. The first-order chi connectivity index (χ1) is 6.60. The maximum Gasteiger partial charge on any atom is 0.257 e. The number of rotatable bonds is 1. The molecule has 1 aromatic rings. The minimum absolute atomic E-state index is 0.264. The van der Waals surface area contributed by atoms with Gasteiger partial charge in [0, 0.05) is 5.56 Å². The Balaban J connectivity index is 3.34. The Morgan fingerprint density at radius 2 is 1.71 bits per heavy atom. The third-order valence-corrected chi connectivity index (χ3v) is 2.18. The molecular weight excluding hydrogens is 178 g/mol. The van der Waals surface area contributed by atoms with Crippen LogP contribution in [0.1, 0.15) is 22.3 Å². The summed E-state index contributed by atoms with van der Waals surface area (Å²) in [7, 11) is 1.49.